The first-order valence-electron chi connectivity index (χ1n) is 4.61. The van der Waals surface area contributed by atoms with Gasteiger partial charge in [-0.1, -0.05) is 29.8 Å². The first kappa shape index (κ1) is 9.56. The number of aromatic nitrogens is 1. The highest BCUT2D eigenvalue weighted by molar-refractivity contribution is 6.32. The molecule has 0 aliphatic carbocycles. The molecular formula is C11H13ClN2. The first-order valence-corrected chi connectivity index (χ1v) is 4.99. The molecule has 0 amide bonds. The number of rotatable bonds is 1. The van der Waals surface area contributed by atoms with Gasteiger partial charge in [0.1, 0.15) is 5.15 Å². The van der Waals surface area contributed by atoms with Crippen LogP contribution >= 0.6 is 11.6 Å². The molecule has 1 aromatic carbocycles. The third kappa shape index (κ3) is 1.22. The van der Waals surface area contributed by atoms with Crippen molar-refractivity contribution in [2.75, 3.05) is 0 Å². The highest BCUT2D eigenvalue weighted by atomic mass is 35.5. The van der Waals surface area contributed by atoms with Gasteiger partial charge in [-0.3, -0.25) is 0 Å². The highest BCUT2D eigenvalue weighted by Gasteiger charge is 2.15. The Hall–Kier alpha value is -0.990. The first-order chi connectivity index (χ1) is 6.63. The second-order valence-corrected chi connectivity index (χ2v) is 3.93. The Morgan fingerprint density at radius 2 is 2.00 bits per heavy atom. The Bertz CT molecular complexity index is 471. The molecule has 0 aliphatic rings. The molecule has 0 aliphatic heterocycles. The summed E-state index contributed by atoms with van der Waals surface area (Å²) in [6.07, 6.45) is 0. The second-order valence-electron chi connectivity index (χ2n) is 3.57. The van der Waals surface area contributed by atoms with Crippen LogP contribution in [0.4, 0.5) is 0 Å². The largest absolute Gasteiger partial charge is 0.334 e. The molecule has 0 fully saturated rings. The fourth-order valence-corrected chi connectivity index (χ4v) is 2.19. The average Bonchev–Trinajstić information content (AvgIpc) is 2.41. The van der Waals surface area contributed by atoms with E-state index in [2.05, 4.69) is 6.07 Å². The van der Waals surface area contributed by atoms with E-state index in [-0.39, 0.29) is 6.04 Å². The van der Waals surface area contributed by atoms with E-state index in [0.717, 1.165) is 21.6 Å². The minimum atomic E-state index is -0.0337. The summed E-state index contributed by atoms with van der Waals surface area (Å²) < 4.78 is 1.97. The maximum absolute atomic E-state index is 6.21. The number of aryl methyl sites for hydroxylation is 1. The van der Waals surface area contributed by atoms with Crippen LogP contribution in [0.25, 0.3) is 10.9 Å². The SMILES string of the molecule is CC(N)c1c(Cl)n(C)c2ccccc12. The molecule has 1 atom stereocenters. The maximum Gasteiger partial charge on any atom is 0.114 e. The Kier molecular flexibility index (Phi) is 2.25. The molecule has 2 rings (SSSR count). The number of fused-ring (bicyclic) bond motifs is 1. The third-order valence-electron chi connectivity index (χ3n) is 2.53. The zero-order valence-electron chi connectivity index (χ0n) is 8.29. The Balaban J connectivity index is 2.88. The van der Waals surface area contributed by atoms with Crippen LogP contribution in [-0.4, -0.2) is 4.57 Å². The molecule has 0 radical (unpaired) electrons. The average molecular weight is 209 g/mol. The molecule has 2 nitrogen and oxygen atoms in total. The van der Waals surface area contributed by atoms with Crippen LogP contribution in [0.1, 0.15) is 18.5 Å². The van der Waals surface area contributed by atoms with Gasteiger partial charge in [0.25, 0.3) is 0 Å². The van der Waals surface area contributed by atoms with E-state index in [1.165, 1.54) is 0 Å². The molecule has 1 unspecified atom stereocenters. The van der Waals surface area contributed by atoms with Gasteiger partial charge in [0.15, 0.2) is 0 Å². The van der Waals surface area contributed by atoms with Crippen molar-refractivity contribution < 1.29 is 0 Å². The van der Waals surface area contributed by atoms with Gasteiger partial charge in [-0.05, 0) is 13.0 Å². The third-order valence-corrected chi connectivity index (χ3v) is 2.98. The smallest absolute Gasteiger partial charge is 0.114 e. The number of para-hydroxylation sites is 1. The van der Waals surface area contributed by atoms with Crippen LogP contribution in [0.2, 0.25) is 5.15 Å². The summed E-state index contributed by atoms with van der Waals surface area (Å²) in [6.45, 7) is 1.95. The van der Waals surface area contributed by atoms with Crippen LogP contribution in [0.5, 0.6) is 0 Å². The molecule has 0 saturated heterocycles. The molecule has 0 bridgehead atoms. The summed E-state index contributed by atoms with van der Waals surface area (Å²) in [4.78, 5) is 0. The lowest BCUT2D eigenvalue weighted by atomic mass is 10.1. The van der Waals surface area contributed by atoms with E-state index in [1.807, 2.05) is 36.7 Å². The molecule has 0 saturated carbocycles. The zero-order valence-corrected chi connectivity index (χ0v) is 9.05. The number of benzene rings is 1. The second kappa shape index (κ2) is 3.30. The normalized spacial score (nSPS) is 13.4. The van der Waals surface area contributed by atoms with Crippen molar-refractivity contribution in [2.45, 2.75) is 13.0 Å². The summed E-state index contributed by atoms with van der Waals surface area (Å²) in [7, 11) is 1.95. The molecule has 2 N–H and O–H groups in total. The minimum Gasteiger partial charge on any atom is -0.334 e. The van der Waals surface area contributed by atoms with Crippen molar-refractivity contribution in [3.05, 3.63) is 35.0 Å². The van der Waals surface area contributed by atoms with Gasteiger partial charge in [-0.2, -0.15) is 0 Å². The van der Waals surface area contributed by atoms with Crippen LogP contribution in [-0.2, 0) is 7.05 Å². The fraction of sp³-hybridized carbons (Fsp3) is 0.273. The molecule has 1 aromatic heterocycles. The lowest BCUT2D eigenvalue weighted by Crippen LogP contribution is -2.05. The standard InChI is InChI=1S/C11H13ClN2/c1-7(13)10-8-5-3-4-6-9(8)14(2)11(10)12/h3-7H,13H2,1-2H3. The van der Waals surface area contributed by atoms with E-state index < -0.39 is 0 Å². The lowest BCUT2D eigenvalue weighted by Gasteiger charge is -2.03. The molecule has 1 heterocycles. The number of nitrogens with zero attached hydrogens (tertiary/aromatic N) is 1. The Morgan fingerprint density at radius 3 is 2.64 bits per heavy atom. The van der Waals surface area contributed by atoms with E-state index in [0.29, 0.717) is 0 Å². The molecule has 3 heteroatoms. The van der Waals surface area contributed by atoms with Gasteiger partial charge >= 0.3 is 0 Å². The summed E-state index contributed by atoms with van der Waals surface area (Å²) in [6, 6.07) is 8.08. The fourth-order valence-electron chi connectivity index (χ4n) is 1.82. The highest BCUT2D eigenvalue weighted by Crippen LogP contribution is 2.32. The molecule has 74 valence electrons. The molecule has 0 spiro atoms. The van der Waals surface area contributed by atoms with Crippen molar-refractivity contribution in [2.24, 2.45) is 12.8 Å². The quantitative estimate of drug-likeness (QED) is 0.768. The summed E-state index contributed by atoms with van der Waals surface area (Å²) in [5, 5.41) is 1.89. The number of hydrogen-bond acceptors (Lipinski definition) is 1. The van der Waals surface area contributed by atoms with Crippen LogP contribution in [0, 0.1) is 0 Å². The minimum absolute atomic E-state index is 0.0337. The molecule has 2 aromatic rings. The Labute approximate surface area is 88.3 Å². The van der Waals surface area contributed by atoms with Crippen molar-refractivity contribution in [3.63, 3.8) is 0 Å². The van der Waals surface area contributed by atoms with Crippen LogP contribution < -0.4 is 5.73 Å². The van der Waals surface area contributed by atoms with Crippen LogP contribution in [0.15, 0.2) is 24.3 Å². The number of hydrogen-bond donors (Lipinski definition) is 1. The van der Waals surface area contributed by atoms with Crippen molar-refractivity contribution >= 4 is 22.5 Å². The Morgan fingerprint density at radius 1 is 1.36 bits per heavy atom. The summed E-state index contributed by atoms with van der Waals surface area (Å²) in [5.41, 5.74) is 8.06. The number of nitrogens with two attached hydrogens (primary N) is 1. The van der Waals surface area contributed by atoms with Crippen molar-refractivity contribution in [1.29, 1.82) is 0 Å². The van der Waals surface area contributed by atoms with Gasteiger partial charge in [-0.15, -0.1) is 0 Å². The summed E-state index contributed by atoms with van der Waals surface area (Å²) in [5.74, 6) is 0. The van der Waals surface area contributed by atoms with Gasteiger partial charge in [0.05, 0.1) is 0 Å². The predicted octanol–water partition coefficient (Wildman–Crippen LogP) is 2.85. The van der Waals surface area contributed by atoms with Gasteiger partial charge in [0.2, 0.25) is 0 Å². The zero-order chi connectivity index (χ0) is 10.3. The summed E-state index contributed by atoms with van der Waals surface area (Å²) >= 11 is 6.21. The molecular weight excluding hydrogens is 196 g/mol. The maximum atomic E-state index is 6.21. The van der Waals surface area contributed by atoms with E-state index in [4.69, 9.17) is 17.3 Å². The van der Waals surface area contributed by atoms with Crippen LogP contribution in [0.3, 0.4) is 0 Å². The van der Waals surface area contributed by atoms with Gasteiger partial charge in [-0.25, -0.2) is 0 Å². The lowest BCUT2D eigenvalue weighted by molar-refractivity contribution is 0.815. The van der Waals surface area contributed by atoms with E-state index >= 15 is 0 Å². The van der Waals surface area contributed by atoms with Gasteiger partial charge in [0, 0.05) is 29.6 Å². The van der Waals surface area contributed by atoms with Crippen molar-refractivity contribution in [3.8, 4) is 0 Å². The topological polar surface area (TPSA) is 30.9 Å². The molecule has 14 heavy (non-hydrogen) atoms. The van der Waals surface area contributed by atoms with E-state index in [9.17, 15) is 0 Å². The van der Waals surface area contributed by atoms with E-state index in [1.54, 1.807) is 0 Å². The number of halogens is 1. The van der Waals surface area contributed by atoms with Gasteiger partial charge < -0.3 is 10.3 Å². The predicted molar refractivity (Wildman–Crippen MR) is 60.5 cm³/mol. The van der Waals surface area contributed by atoms with Crippen molar-refractivity contribution in [1.82, 2.24) is 4.57 Å². The monoisotopic (exact) mass is 208 g/mol.